The molecule has 216 valence electrons. The Hall–Kier alpha value is -3.12. The van der Waals surface area contributed by atoms with Gasteiger partial charge in [-0.15, -0.1) is 0 Å². The van der Waals surface area contributed by atoms with Crippen LogP contribution in [0.5, 0.6) is 0 Å². The molecule has 0 heterocycles. The lowest BCUT2D eigenvalue weighted by Crippen LogP contribution is -2.27. The lowest BCUT2D eigenvalue weighted by atomic mass is 9.68. The second-order valence-corrected chi connectivity index (χ2v) is 9.56. The molecule has 0 aliphatic heterocycles. The van der Waals surface area contributed by atoms with Crippen LogP contribution in [0.25, 0.3) is 11.1 Å². The third-order valence-electron chi connectivity index (χ3n) is 7.12. The Morgan fingerprint density at radius 3 is 1.49 bits per heavy atom. The maximum absolute atomic E-state index is 2.41. The number of benzene rings is 2. The van der Waals surface area contributed by atoms with Crippen molar-refractivity contribution in [3.63, 3.8) is 0 Å². The van der Waals surface area contributed by atoms with Crippen LogP contribution in [0.1, 0.15) is 97.7 Å². The van der Waals surface area contributed by atoms with Crippen molar-refractivity contribution in [2.24, 2.45) is 11.3 Å². The molecule has 0 fully saturated rings. The van der Waals surface area contributed by atoms with E-state index in [0.29, 0.717) is 5.92 Å². The molecule has 0 nitrogen and oxygen atoms in total. The summed E-state index contributed by atoms with van der Waals surface area (Å²) in [7, 11) is 0. The minimum atomic E-state index is -0.246. The highest BCUT2D eigenvalue weighted by molar-refractivity contribution is 5.91. The molecule has 2 aromatic rings. The van der Waals surface area contributed by atoms with Gasteiger partial charge in [-0.05, 0) is 50.5 Å². The summed E-state index contributed by atoms with van der Waals surface area (Å²) < 4.78 is 0. The van der Waals surface area contributed by atoms with Gasteiger partial charge in [0.25, 0.3) is 0 Å². The third-order valence-corrected chi connectivity index (χ3v) is 7.12. The van der Waals surface area contributed by atoms with Crippen LogP contribution in [0.2, 0.25) is 0 Å². The van der Waals surface area contributed by atoms with Crippen LogP contribution in [0, 0.1) is 11.3 Å². The van der Waals surface area contributed by atoms with Gasteiger partial charge in [-0.1, -0.05) is 184 Å². The monoisotopic (exact) mass is 528 g/mol. The first kappa shape index (κ1) is 40.4. The van der Waals surface area contributed by atoms with E-state index in [1.54, 1.807) is 0 Å². The van der Waals surface area contributed by atoms with Crippen LogP contribution in [0.15, 0.2) is 119 Å². The predicted molar refractivity (Wildman–Crippen MR) is 185 cm³/mol. The fraction of sp³-hybridized carbons (Fsp3) is 0.385. The van der Waals surface area contributed by atoms with Crippen LogP contribution >= 0.6 is 0 Å². The zero-order valence-corrected chi connectivity index (χ0v) is 19.8. The fourth-order valence-corrected chi connectivity index (χ4v) is 5.66. The highest BCUT2D eigenvalue weighted by Crippen LogP contribution is 2.62. The number of fused-ring (bicyclic) bond motifs is 8. The Balaban J connectivity index is -0.00000141. The van der Waals surface area contributed by atoms with Crippen molar-refractivity contribution < 1.29 is 0 Å². The van der Waals surface area contributed by atoms with Gasteiger partial charge in [-0.25, -0.2) is 0 Å². The molecule has 0 aromatic heterocycles. The minimum Gasteiger partial charge on any atom is -0.0776 e. The van der Waals surface area contributed by atoms with Crippen LogP contribution in [-0.2, 0) is 5.41 Å². The van der Waals surface area contributed by atoms with E-state index in [1.807, 2.05) is 13.8 Å². The quantitative estimate of drug-likeness (QED) is 0.319. The predicted octanol–water partition coefficient (Wildman–Crippen LogP) is 13.0. The molecule has 6 rings (SSSR count). The van der Waals surface area contributed by atoms with Crippen molar-refractivity contribution >= 4 is 0 Å². The molecule has 0 amide bonds. The zero-order chi connectivity index (χ0) is 22.5. The summed E-state index contributed by atoms with van der Waals surface area (Å²) in [5.74, 6) is 0.435. The van der Waals surface area contributed by atoms with E-state index in [1.165, 1.54) is 44.5 Å². The second-order valence-electron chi connectivity index (χ2n) is 9.56. The van der Waals surface area contributed by atoms with Gasteiger partial charge in [0, 0.05) is 5.41 Å². The van der Waals surface area contributed by atoms with Gasteiger partial charge in [0.05, 0.1) is 5.41 Å². The molecular weight excluding hydrogens is 468 g/mol. The Kier molecular flexibility index (Phi) is 15.4. The van der Waals surface area contributed by atoms with E-state index in [0.717, 1.165) is 0 Å². The number of hydrogen-bond donors (Lipinski definition) is 0. The van der Waals surface area contributed by atoms with E-state index in [-0.39, 0.29) is 62.8 Å². The summed E-state index contributed by atoms with van der Waals surface area (Å²) in [6, 6.07) is 18.0. The van der Waals surface area contributed by atoms with Gasteiger partial charge >= 0.3 is 0 Å². The lowest BCUT2D eigenvalue weighted by Gasteiger charge is -2.32. The molecule has 1 spiro atoms. The number of rotatable bonds is 0. The van der Waals surface area contributed by atoms with Crippen LogP contribution < -0.4 is 0 Å². The molecule has 0 heteroatoms. The molecular formula is C39H60. The lowest BCUT2D eigenvalue weighted by molar-refractivity contribution is 0.625. The fourth-order valence-electron chi connectivity index (χ4n) is 5.66. The summed E-state index contributed by atoms with van der Waals surface area (Å²) in [6.07, 6.45) is 19.0. The van der Waals surface area contributed by atoms with E-state index >= 15 is 0 Å². The SMILES string of the molecule is C.C.C.C.C.C.C.CC.CC1C=CC2=C(C=C1)C1(C3=C2C=CC(C)(C)C=C3)c2ccccc2-c2ccccc21. The summed E-state index contributed by atoms with van der Waals surface area (Å²) in [5.41, 5.74) is 10.9. The summed E-state index contributed by atoms with van der Waals surface area (Å²) in [6.45, 7) is 10.8. The van der Waals surface area contributed by atoms with Gasteiger partial charge in [-0.3, -0.25) is 0 Å². The summed E-state index contributed by atoms with van der Waals surface area (Å²) >= 11 is 0. The smallest absolute Gasteiger partial charge is 0.0725 e. The molecule has 0 N–H and O–H groups in total. The zero-order valence-electron chi connectivity index (χ0n) is 19.8. The Bertz CT molecular complexity index is 1220. The normalized spacial score (nSPS) is 18.5. The van der Waals surface area contributed by atoms with E-state index in [9.17, 15) is 0 Å². The van der Waals surface area contributed by atoms with Gasteiger partial charge < -0.3 is 0 Å². The van der Waals surface area contributed by atoms with Gasteiger partial charge in [-0.2, -0.15) is 0 Å². The number of allylic oxidation sites excluding steroid dienone is 12. The molecule has 39 heavy (non-hydrogen) atoms. The Labute approximate surface area is 244 Å². The first-order valence-corrected chi connectivity index (χ1v) is 12.0. The minimum absolute atomic E-state index is 0. The topological polar surface area (TPSA) is 0 Å². The summed E-state index contributed by atoms with van der Waals surface area (Å²) in [5, 5.41) is 0. The van der Waals surface area contributed by atoms with Crippen molar-refractivity contribution in [2.75, 3.05) is 0 Å². The van der Waals surface area contributed by atoms with Crippen molar-refractivity contribution in [1.29, 1.82) is 0 Å². The van der Waals surface area contributed by atoms with E-state index in [2.05, 4.69) is 118 Å². The maximum Gasteiger partial charge on any atom is 0.0725 e. The summed E-state index contributed by atoms with van der Waals surface area (Å²) in [4.78, 5) is 0. The van der Waals surface area contributed by atoms with Crippen LogP contribution in [0.4, 0.5) is 0 Å². The van der Waals surface area contributed by atoms with Crippen LogP contribution in [-0.4, -0.2) is 0 Å². The second kappa shape index (κ2) is 14.9. The van der Waals surface area contributed by atoms with Crippen molar-refractivity contribution in [1.82, 2.24) is 0 Å². The van der Waals surface area contributed by atoms with Gasteiger partial charge in [0.1, 0.15) is 0 Å². The molecule has 1 atom stereocenters. The highest BCUT2D eigenvalue weighted by atomic mass is 14.5. The van der Waals surface area contributed by atoms with Crippen molar-refractivity contribution in [3.05, 3.63) is 131 Å². The first-order valence-electron chi connectivity index (χ1n) is 12.0. The van der Waals surface area contributed by atoms with Crippen LogP contribution in [0.3, 0.4) is 0 Å². The standard InChI is InChI=1S/C30H26.C2H6.7CH4/c1-20-12-14-23-24-16-18-29(2,3)19-17-28(24)30(27(23)15-13-20)25-10-6-4-8-21(25)22-9-5-7-11-26(22)30;1-2;;;;;;;/h4-20H,1-3H3;1-2H3;7*1H4. The molecule has 0 saturated carbocycles. The molecule has 2 aromatic carbocycles. The molecule has 0 bridgehead atoms. The molecule has 0 radical (unpaired) electrons. The largest absolute Gasteiger partial charge is 0.0776 e. The molecule has 4 aliphatic carbocycles. The third kappa shape index (κ3) is 5.76. The molecule has 1 unspecified atom stereocenters. The van der Waals surface area contributed by atoms with Crippen molar-refractivity contribution in [3.8, 4) is 11.1 Å². The van der Waals surface area contributed by atoms with E-state index in [4.69, 9.17) is 0 Å². The average molecular weight is 529 g/mol. The van der Waals surface area contributed by atoms with Gasteiger partial charge in [0.15, 0.2) is 0 Å². The Morgan fingerprint density at radius 2 is 0.949 bits per heavy atom. The number of hydrogen-bond acceptors (Lipinski definition) is 0. The maximum atomic E-state index is 2.41. The average Bonchev–Trinajstić information content (AvgIpc) is 3.07. The molecule has 4 aliphatic rings. The van der Waals surface area contributed by atoms with Crippen molar-refractivity contribution in [2.45, 2.75) is 92.0 Å². The first-order chi connectivity index (χ1) is 15.5. The van der Waals surface area contributed by atoms with E-state index < -0.39 is 0 Å². The highest BCUT2D eigenvalue weighted by Gasteiger charge is 2.52. The van der Waals surface area contributed by atoms with Gasteiger partial charge in [0.2, 0.25) is 0 Å². The Morgan fingerprint density at radius 1 is 0.538 bits per heavy atom. The molecule has 0 saturated heterocycles.